The molecule has 1 unspecified atom stereocenters. The van der Waals surface area contributed by atoms with Crippen molar-refractivity contribution in [2.24, 2.45) is 0 Å². The SMILES string of the molecule is O=C(NC(CO)c1ccccc1)c1ccc([N+](=O)[O-])cc1Cl. The highest BCUT2D eigenvalue weighted by atomic mass is 35.5. The van der Waals surface area contributed by atoms with Crippen LogP contribution in [0.25, 0.3) is 0 Å². The minimum absolute atomic E-state index is 0.0172. The van der Waals surface area contributed by atoms with E-state index in [1.807, 2.05) is 6.07 Å². The zero-order valence-corrected chi connectivity index (χ0v) is 12.2. The van der Waals surface area contributed by atoms with E-state index in [4.69, 9.17) is 11.6 Å². The normalized spacial score (nSPS) is 11.7. The molecule has 114 valence electrons. The lowest BCUT2D eigenvalue weighted by Gasteiger charge is -2.17. The van der Waals surface area contributed by atoms with E-state index in [-0.39, 0.29) is 22.9 Å². The third-order valence-electron chi connectivity index (χ3n) is 3.10. The molecule has 1 amide bonds. The number of nitro benzene ring substituents is 1. The topological polar surface area (TPSA) is 92.5 Å². The van der Waals surface area contributed by atoms with E-state index in [0.717, 1.165) is 11.6 Å². The molecule has 2 rings (SSSR count). The number of aliphatic hydroxyl groups excluding tert-OH is 1. The second-order valence-electron chi connectivity index (χ2n) is 4.54. The Bertz CT molecular complexity index is 691. The number of nitrogens with zero attached hydrogens (tertiary/aromatic N) is 1. The lowest BCUT2D eigenvalue weighted by Crippen LogP contribution is -2.30. The largest absolute Gasteiger partial charge is 0.394 e. The van der Waals surface area contributed by atoms with Crippen LogP contribution in [-0.2, 0) is 0 Å². The third-order valence-corrected chi connectivity index (χ3v) is 3.41. The van der Waals surface area contributed by atoms with Crippen molar-refractivity contribution in [3.63, 3.8) is 0 Å². The molecular weight excluding hydrogens is 308 g/mol. The van der Waals surface area contributed by atoms with Crippen LogP contribution in [0.1, 0.15) is 22.0 Å². The van der Waals surface area contributed by atoms with Crippen molar-refractivity contribution < 1.29 is 14.8 Å². The Kier molecular flexibility index (Phi) is 5.08. The first-order valence-corrected chi connectivity index (χ1v) is 6.81. The van der Waals surface area contributed by atoms with Gasteiger partial charge in [-0.3, -0.25) is 14.9 Å². The van der Waals surface area contributed by atoms with E-state index in [9.17, 15) is 20.0 Å². The summed E-state index contributed by atoms with van der Waals surface area (Å²) in [5.74, 6) is -0.511. The summed E-state index contributed by atoms with van der Waals surface area (Å²) < 4.78 is 0. The molecule has 2 N–H and O–H groups in total. The maximum absolute atomic E-state index is 12.2. The summed E-state index contributed by atoms with van der Waals surface area (Å²) in [6.07, 6.45) is 0. The standard InChI is InChI=1S/C15H13ClN2O4/c16-13-8-11(18(21)22)6-7-12(13)15(20)17-14(9-19)10-4-2-1-3-5-10/h1-8,14,19H,9H2,(H,17,20). The number of hydrogen-bond acceptors (Lipinski definition) is 4. The first kappa shape index (κ1) is 15.9. The maximum atomic E-state index is 12.2. The van der Waals surface area contributed by atoms with Gasteiger partial charge in [0.1, 0.15) is 0 Å². The van der Waals surface area contributed by atoms with Crippen LogP contribution in [0.15, 0.2) is 48.5 Å². The number of benzene rings is 2. The number of carbonyl (C=O) groups excluding carboxylic acids is 1. The Morgan fingerprint density at radius 2 is 1.95 bits per heavy atom. The number of aliphatic hydroxyl groups is 1. The fourth-order valence-corrected chi connectivity index (χ4v) is 2.22. The van der Waals surface area contributed by atoms with E-state index < -0.39 is 16.9 Å². The van der Waals surface area contributed by atoms with Crippen molar-refractivity contribution in [3.05, 3.63) is 74.8 Å². The van der Waals surface area contributed by atoms with Crippen LogP contribution < -0.4 is 5.32 Å². The molecule has 7 heteroatoms. The number of nitrogens with one attached hydrogen (secondary N) is 1. The van der Waals surface area contributed by atoms with Crippen molar-refractivity contribution in [2.75, 3.05) is 6.61 Å². The number of rotatable bonds is 5. The van der Waals surface area contributed by atoms with Gasteiger partial charge >= 0.3 is 0 Å². The number of non-ortho nitro benzene ring substituents is 1. The second-order valence-corrected chi connectivity index (χ2v) is 4.95. The zero-order valence-electron chi connectivity index (χ0n) is 11.4. The van der Waals surface area contributed by atoms with Crippen molar-refractivity contribution in [1.29, 1.82) is 0 Å². The number of amides is 1. The highest BCUT2D eigenvalue weighted by Gasteiger charge is 2.18. The van der Waals surface area contributed by atoms with Crippen LogP contribution in [0.3, 0.4) is 0 Å². The Labute approximate surface area is 131 Å². The van der Waals surface area contributed by atoms with Crippen LogP contribution in [0.4, 0.5) is 5.69 Å². The minimum atomic E-state index is -0.589. The number of halogens is 1. The summed E-state index contributed by atoms with van der Waals surface area (Å²) in [5, 5.41) is 22.7. The Morgan fingerprint density at radius 1 is 1.27 bits per heavy atom. The molecular formula is C15H13ClN2O4. The molecule has 0 spiro atoms. The molecule has 0 saturated heterocycles. The summed E-state index contributed by atoms with van der Waals surface area (Å²) in [6, 6.07) is 12.0. The molecule has 0 bridgehead atoms. The molecule has 1 atom stereocenters. The third kappa shape index (κ3) is 3.60. The van der Waals surface area contributed by atoms with Gasteiger partial charge in [-0.1, -0.05) is 41.9 Å². The van der Waals surface area contributed by atoms with Crippen LogP contribution in [-0.4, -0.2) is 22.5 Å². The molecule has 2 aromatic carbocycles. The van der Waals surface area contributed by atoms with Gasteiger partial charge in [0.2, 0.25) is 0 Å². The summed E-state index contributed by atoms with van der Waals surface area (Å²) in [6.45, 7) is -0.277. The summed E-state index contributed by atoms with van der Waals surface area (Å²) in [5.41, 5.74) is 0.668. The van der Waals surface area contributed by atoms with Crippen LogP contribution in [0.5, 0.6) is 0 Å². The van der Waals surface area contributed by atoms with Crippen LogP contribution >= 0.6 is 11.6 Å². The van der Waals surface area contributed by atoms with E-state index in [2.05, 4.69) is 5.32 Å². The molecule has 0 saturated carbocycles. The molecule has 2 aromatic rings. The van der Waals surface area contributed by atoms with Crippen molar-refractivity contribution in [2.45, 2.75) is 6.04 Å². The van der Waals surface area contributed by atoms with Crippen molar-refractivity contribution in [3.8, 4) is 0 Å². The molecule has 0 fully saturated rings. The van der Waals surface area contributed by atoms with Crippen molar-refractivity contribution >= 4 is 23.2 Å². The number of carbonyl (C=O) groups is 1. The molecule has 0 aromatic heterocycles. The first-order valence-electron chi connectivity index (χ1n) is 6.43. The minimum Gasteiger partial charge on any atom is -0.394 e. The van der Waals surface area contributed by atoms with E-state index in [1.54, 1.807) is 24.3 Å². The summed E-state index contributed by atoms with van der Waals surface area (Å²) in [4.78, 5) is 22.3. The van der Waals surface area contributed by atoms with Gasteiger partial charge in [-0.05, 0) is 11.6 Å². The van der Waals surface area contributed by atoms with E-state index >= 15 is 0 Å². The highest BCUT2D eigenvalue weighted by Crippen LogP contribution is 2.23. The van der Waals surface area contributed by atoms with Crippen LogP contribution in [0.2, 0.25) is 5.02 Å². The van der Waals surface area contributed by atoms with Gasteiger partial charge < -0.3 is 10.4 Å². The molecule has 22 heavy (non-hydrogen) atoms. The fraction of sp³-hybridized carbons (Fsp3) is 0.133. The number of hydrogen-bond donors (Lipinski definition) is 2. The summed E-state index contributed by atoms with van der Waals surface area (Å²) in [7, 11) is 0. The average Bonchev–Trinajstić information content (AvgIpc) is 2.53. The van der Waals surface area contributed by atoms with E-state index in [1.165, 1.54) is 12.1 Å². The predicted octanol–water partition coefficient (Wildman–Crippen LogP) is 2.71. The van der Waals surface area contributed by atoms with Gasteiger partial charge in [0, 0.05) is 12.1 Å². The Morgan fingerprint density at radius 3 is 2.50 bits per heavy atom. The predicted molar refractivity (Wildman–Crippen MR) is 81.8 cm³/mol. The fourth-order valence-electron chi connectivity index (χ4n) is 1.96. The molecule has 0 radical (unpaired) electrons. The first-order chi connectivity index (χ1) is 10.5. The van der Waals surface area contributed by atoms with Crippen LogP contribution in [0, 0.1) is 10.1 Å². The van der Waals surface area contributed by atoms with Gasteiger partial charge in [-0.25, -0.2) is 0 Å². The number of nitro groups is 1. The molecule has 0 aliphatic heterocycles. The van der Waals surface area contributed by atoms with Gasteiger partial charge in [0.15, 0.2) is 0 Å². The molecule has 0 aliphatic rings. The smallest absolute Gasteiger partial charge is 0.270 e. The molecule has 0 aliphatic carbocycles. The Balaban J connectivity index is 2.19. The summed E-state index contributed by atoms with van der Waals surface area (Å²) >= 11 is 5.91. The lowest BCUT2D eigenvalue weighted by molar-refractivity contribution is -0.384. The van der Waals surface area contributed by atoms with Gasteiger partial charge in [-0.15, -0.1) is 0 Å². The van der Waals surface area contributed by atoms with Gasteiger partial charge in [0.25, 0.3) is 11.6 Å². The molecule has 0 heterocycles. The maximum Gasteiger partial charge on any atom is 0.270 e. The van der Waals surface area contributed by atoms with E-state index in [0.29, 0.717) is 0 Å². The Hall–Kier alpha value is -2.44. The van der Waals surface area contributed by atoms with Gasteiger partial charge in [-0.2, -0.15) is 0 Å². The highest BCUT2D eigenvalue weighted by molar-refractivity contribution is 6.34. The molecule has 6 nitrogen and oxygen atoms in total. The van der Waals surface area contributed by atoms with Crippen molar-refractivity contribution in [1.82, 2.24) is 5.32 Å². The zero-order chi connectivity index (χ0) is 16.1. The monoisotopic (exact) mass is 320 g/mol. The average molecular weight is 321 g/mol. The second kappa shape index (κ2) is 7.02. The lowest BCUT2D eigenvalue weighted by atomic mass is 10.1. The quantitative estimate of drug-likeness (QED) is 0.654. The van der Waals surface area contributed by atoms with Gasteiger partial charge in [0.05, 0.1) is 28.2 Å².